The van der Waals surface area contributed by atoms with Gasteiger partial charge in [-0.15, -0.1) is 0 Å². The zero-order chi connectivity index (χ0) is 57.0. The third kappa shape index (κ3) is 28.0. The fraction of sp³-hybridized carbons (Fsp3) is 0.551. The molecule has 0 spiro atoms. The lowest BCUT2D eigenvalue weighted by Crippen LogP contribution is -2.53. The van der Waals surface area contributed by atoms with Gasteiger partial charge in [-0.3, -0.25) is 77.6 Å². The van der Waals surface area contributed by atoms with Gasteiger partial charge in [0.1, 0.15) is 0 Å². The number of nitrogens with zero attached hydrogens (tertiary/aromatic N) is 9. The first kappa shape index (κ1) is 64.9. The molecule has 2 atom stereocenters. The SMILES string of the molecule is CC(=S)Nc1ccc(CC2CN(CC(=O)O)CCN(CC(=O)O)CCN(CC(=O)O)CCN2CC(=O)O)cc1.O=C(O)CN1CCN(CC(=O)O)CCN(CC(=O)O)C(Cc2ccc(N=C=S)cc2)CN(CC(=O)O)CC1. The van der Waals surface area contributed by atoms with Crippen LogP contribution in [0.15, 0.2) is 53.5 Å². The number of hydrogen-bond donors (Lipinski definition) is 9. The maximum Gasteiger partial charge on any atom is 0.317 e. The average Bonchev–Trinajstić information content (AvgIpc) is 3.31. The van der Waals surface area contributed by atoms with Gasteiger partial charge in [0.2, 0.25) is 0 Å². The summed E-state index contributed by atoms with van der Waals surface area (Å²) in [4.78, 5) is 111. The molecule has 26 nitrogen and oxygen atoms in total. The summed E-state index contributed by atoms with van der Waals surface area (Å²) in [7, 11) is 0. The molecule has 77 heavy (non-hydrogen) atoms. The Labute approximate surface area is 456 Å². The topological polar surface area (TPSA) is 349 Å². The normalized spacial score (nSPS) is 19.0. The van der Waals surface area contributed by atoms with Crippen LogP contribution in [0, 0.1) is 0 Å². The van der Waals surface area contributed by atoms with Gasteiger partial charge in [-0.2, -0.15) is 4.99 Å². The number of anilines is 1. The van der Waals surface area contributed by atoms with Crippen LogP contribution in [0.3, 0.4) is 0 Å². The Balaban J connectivity index is 0.000000405. The molecule has 424 valence electrons. The maximum atomic E-state index is 11.8. The smallest absolute Gasteiger partial charge is 0.317 e. The Kier molecular flexibility index (Phi) is 28.9. The second kappa shape index (κ2) is 34.4. The van der Waals surface area contributed by atoms with Crippen molar-refractivity contribution in [1.29, 1.82) is 0 Å². The monoisotopic (exact) mass is 1120 g/mol. The van der Waals surface area contributed by atoms with Crippen molar-refractivity contribution in [1.82, 2.24) is 39.2 Å². The third-order valence-electron chi connectivity index (χ3n) is 12.5. The van der Waals surface area contributed by atoms with Gasteiger partial charge in [-0.05, 0) is 67.4 Å². The summed E-state index contributed by atoms with van der Waals surface area (Å²) in [5, 5.41) is 81.1. The number of carbonyl (C=O) groups is 8. The second-order valence-electron chi connectivity index (χ2n) is 18.6. The van der Waals surface area contributed by atoms with Gasteiger partial charge in [0.25, 0.3) is 0 Å². The minimum atomic E-state index is -1.06. The van der Waals surface area contributed by atoms with Crippen LogP contribution in [-0.4, -0.2) is 294 Å². The number of thiocarbonyl (C=S) groups is 2. The number of nitrogens with one attached hydrogen (secondary N) is 1. The van der Waals surface area contributed by atoms with E-state index in [1.165, 1.54) is 0 Å². The summed E-state index contributed by atoms with van der Waals surface area (Å²) >= 11 is 9.71. The molecule has 2 aromatic rings. The predicted molar refractivity (Wildman–Crippen MR) is 287 cm³/mol. The molecule has 2 heterocycles. The lowest BCUT2D eigenvalue weighted by Gasteiger charge is -2.37. The van der Waals surface area contributed by atoms with Gasteiger partial charge in [0.05, 0.1) is 68.2 Å². The van der Waals surface area contributed by atoms with E-state index in [2.05, 4.69) is 27.7 Å². The molecule has 0 saturated carbocycles. The number of carboxylic acid groups (broad SMARTS) is 8. The number of aliphatic carboxylic acids is 8. The maximum absolute atomic E-state index is 11.8. The van der Waals surface area contributed by atoms with E-state index in [9.17, 15) is 79.2 Å². The molecule has 2 aliphatic rings. The molecule has 9 N–H and O–H groups in total. The van der Waals surface area contributed by atoms with Crippen molar-refractivity contribution in [3.05, 3.63) is 59.7 Å². The number of benzene rings is 2. The average molecular weight is 1120 g/mol. The van der Waals surface area contributed by atoms with E-state index < -0.39 is 59.8 Å². The third-order valence-corrected chi connectivity index (χ3v) is 12.7. The van der Waals surface area contributed by atoms with Crippen LogP contribution in [0.5, 0.6) is 0 Å². The van der Waals surface area contributed by atoms with E-state index in [4.69, 9.17) is 12.2 Å². The minimum Gasteiger partial charge on any atom is -0.480 e. The largest absolute Gasteiger partial charge is 0.480 e. The van der Waals surface area contributed by atoms with Crippen LogP contribution in [-0.2, 0) is 51.2 Å². The highest BCUT2D eigenvalue weighted by atomic mass is 32.1. The molecule has 0 aromatic heterocycles. The van der Waals surface area contributed by atoms with Crippen molar-refractivity contribution in [3.63, 3.8) is 0 Å². The van der Waals surface area contributed by atoms with Gasteiger partial charge < -0.3 is 46.2 Å². The van der Waals surface area contributed by atoms with E-state index in [0.29, 0.717) is 23.5 Å². The standard InChI is InChI=1S/C25H37N5O8S.C24H33N5O8S/c1-18(39)26-20-4-2-19(3-5-20)12-21-13-29(16-24(35)36)9-8-27(14-22(31)32)6-7-28(15-23(33)34)10-11-30(21)17-25(37)38;30-21(31)13-26-5-6-27(14-22(32)33)9-10-29(16-24(36)37)20(12-28(8-7-26)15-23(34)35)11-18-1-3-19(4-2-18)25-17-38/h2-5,21H,6-17H2,1H3,(H,26,39)(H,31,32)(H,33,34)(H,35,36)(H,37,38);1-4,20H,5-16H2,(H,30,31)(H,32,33)(H,34,35)(H,36,37). The number of aliphatic imine (C=N–C) groups is 1. The predicted octanol–water partition coefficient (Wildman–Crippen LogP) is -0.191. The molecular weight excluding hydrogens is 1050 g/mol. The van der Waals surface area contributed by atoms with E-state index >= 15 is 0 Å². The van der Waals surface area contributed by atoms with Crippen molar-refractivity contribution in [3.8, 4) is 0 Å². The molecule has 0 radical (unpaired) electrons. The van der Waals surface area contributed by atoms with Gasteiger partial charge in [-0.1, -0.05) is 36.5 Å². The number of carboxylic acids is 8. The molecule has 2 fully saturated rings. The molecule has 2 aromatic carbocycles. The summed E-state index contributed by atoms with van der Waals surface area (Å²) in [6.45, 7) is 2.85. The van der Waals surface area contributed by atoms with Crippen molar-refractivity contribution in [2.75, 3.05) is 149 Å². The van der Waals surface area contributed by atoms with Crippen molar-refractivity contribution in [2.24, 2.45) is 4.99 Å². The van der Waals surface area contributed by atoms with Crippen LogP contribution in [0.25, 0.3) is 0 Å². The molecule has 0 aliphatic carbocycles. The summed E-state index contributed by atoms with van der Waals surface area (Å²) in [6, 6.07) is 13.8. The fourth-order valence-electron chi connectivity index (χ4n) is 8.94. The quantitative estimate of drug-likeness (QED) is 0.0545. The number of hydrogen-bond acceptors (Lipinski definition) is 19. The molecule has 0 amide bonds. The first-order valence-corrected chi connectivity index (χ1v) is 25.4. The van der Waals surface area contributed by atoms with Crippen LogP contribution in [0.4, 0.5) is 11.4 Å². The van der Waals surface area contributed by atoms with Crippen molar-refractivity contribution < 1.29 is 79.2 Å². The summed E-state index contributed by atoms with van der Waals surface area (Å²) < 4.78 is 0. The Morgan fingerprint density at radius 3 is 1.01 bits per heavy atom. The van der Waals surface area contributed by atoms with E-state index in [1.807, 2.05) is 36.4 Å². The van der Waals surface area contributed by atoms with Crippen molar-refractivity contribution >= 4 is 93.7 Å². The molecule has 28 heteroatoms. The van der Waals surface area contributed by atoms with Crippen molar-refractivity contribution in [2.45, 2.75) is 31.8 Å². The van der Waals surface area contributed by atoms with Crippen LogP contribution in [0.2, 0.25) is 0 Å². The molecule has 2 aliphatic heterocycles. The van der Waals surface area contributed by atoms with Crippen LogP contribution < -0.4 is 5.32 Å². The molecule has 0 bridgehead atoms. The number of rotatable bonds is 22. The molecule has 4 rings (SSSR count). The van der Waals surface area contributed by atoms with E-state index in [-0.39, 0.29) is 144 Å². The van der Waals surface area contributed by atoms with Gasteiger partial charge in [0.15, 0.2) is 0 Å². The van der Waals surface area contributed by atoms with Gasteiger partial charge >= 0.3 is 47.8 Å². The molecule has 2 unspecified atom stereocenters. The second-order valence-corrected chi connectivity index (χ2v) is 19.4. The highest BCUT2D eigenvalue weighted by molar-refractivity contribution is 7.80. The highest BCUT2D eigenvalue weighted by Crippen LogP contribution is 2.19. The van der Waals surface area contributed by atoms with E-state index in [0.717, 1.165) is 16.8 Å². The Morgan fingerprint density at radius 2 is 0.727 bits per heavy atom. The van der Waals surface area contributed by atoms with Crippen LogP contribution >= 0.6 is 24.4 Å². The summed E-state index contributed by atoms with van der Waals surface area (Å²) in [5.74, 6) is -8.38. The van der Waals surface area contributed by atoms with E-state index in [1.54, 1.807) is 58.3 Å². The first-order valence-electron chi connectivity index (χ1n) is 24.6. The lowest BCUT2D eigenvalue weighted by molar-refractivity contribution is -0.142. The Hall–Kier alpha value is -6.43. The van der Waals surface area contributed by atoms with Gasteiger partial charge in [-0.25, -0.2) is 0 Å². The fourth-order valence-corrected chi connectivity index (χ4v) is 9.17. The zero-order valence-corrected chi connectivity index (χ0v) is 44.6. The Morgan fingerprint density at radius 1 is 0.455 bits per heavy atom. The highest BCUT2D eigenvalue weighted by Gasteiger charge is 2.30. The molecular formula is C49H70N10O16S2. The minimum absolute atomic E-state index is 0.208. The Bertz CT molecular complexity index is 2350. The molecule has 2 saturated heterocycles. The lowest BCUT2D eigenvalue weighted by atomic mass is 10.0. The summed E-state index contributed by atoms with van der Waals surface area (Å²) in [6.07, 6.45) is 0.806. The first-order chi connectivity index (χ1) is 36.5. The number of isothiocyanates is 1. The van der Waals surface area contributed by atoms with Crippen LogP contribution in [0.1, 0.15) is 18.1 Å². The zero-order valence-electron chi connectivity index (χ0n) is 42.9. The van der Waals surface area contributed by atoms with Gasteiger partial charge in [0, 0.05) is 109 Å². The summed E-state index contributed by atoms with van der Waals surface area (Å²) in [5.41, 5.74) is 3.19.